The highest BCUT2D eigenvalue weighted by molar-refractivity contribution is 5.87. The van der Waals surface area contributed by atoms with Gasteiger partial charge in [-0.15, -0.1) is 0 Å². The predicted octanol–water partition coefficient (Wildman–Crippen LogP) is 4.42. The average Bonchev–Trinajstić information content (AvgIpc) is 2.63. The molecule has 0 aromatic heterocycles. The fraction of sp³-hybridized carbons (Fsp3) is 0.273. The Labute approximate surface area is 149 Å². The molecule has 3 aromatic carbocycles. The Hall–Kier alpha value is -2.52. The van der Waals surface area contributed by atoms with Crippen LogP contribution in [-0.4, -0.2) is 19.8 Å². The molecule has 0 radical (unpaired) electrons. The van der Waals surface area contributed by atoms with Crippen molar-refractivity contribution in [1.82, 2.24) is 0 Å². The van der Waals surface area contributed by atoms with Crippen LogP contribution in [0.5, 0.6) is 11.5 Å². The van der Waals surface area contributed by atoms with E-state index in [1.54, 1.807) is 0 Å². The maximum absolute atomic E-state index is 6.01. The first-order chi connectivity index (χ1) is 12.2. The lowest BCUT2D eigenvalue weighted by atomic mass is 10.0. The highest BCUT2D eigenvalue weighted by atomic mass is 16.5. The van der Waals surface area contributed by atoms with Crippen LogP contribution in [0.15, 0.2) is 54.6 Å². The van der Waals surface area contributed by atoms with Gasteiger partial charge >= 0.3 is 0 Å². The van der Waals surface area contributed by atoms with Crippen molar-refractivity contribution in [3.8, 4) is 11.5 Å². The van der Waals surface area contributed by atoms with Crippen molar-refractivity contribution in [2.45, 2.75) is 20.3 Å². The first-order valence-electron chi connectivity index (χ1n) is 8.72. The van der Waals surface area contributed by atoms with Crippen molar-refractivity contribution in [3.05, 3.63) is 71.3 Å². The van der Waals surface area contributed by atoms with E-state index in [0.29, 0.717) is 19.8 Å². The van der Waals surface area contributed by atoms with Crippen LogP contribution in [0.25, 0.3) is 10.8 Å². The third-order valence-electron chi connectivity index (χ3n) is 4.33. The average molecular weight is 335 g/mol. The molecule has 0 saturated heterocycles. The van der Waals surface area contributed by atoms with Crippen LogP contribution in [0, 0.1) is 13.8 Å². The van der Waals surface area contributed by atoms with Gasteiger partial charge in [-0.05, 0) is 60.8 Å². The summed E-state index contributed by atoms with van der Waals surface area (Å²) in [5.74, 6) is 1.82. The Bertz CT molecular complexity index is 858. The Balaban J connectivity index is 1.68. The van der Waals surface area contributed by atoms with E-state index in [4.69, 9.17) is 15.2 Å². The summed E-state index contributed by atoms with van der Waals surface area (Å²) in [5.41, 5.74) is 9.31. The summed E-state index contributed by atoms with van der Waals surface area (Å²) >= 11 is 0. The van der Waals surface area contributed by atoms with E-state index in [9.17, 15) is 0 Å². The molecule has 2 N–H and O–H groups in total. The standard InChI is InChI=1S/C22H25NO2/c1-16-7-8-17(2)22(15-16)25-14-13-24-21-10-9-18-5-3-4-6-19(18)20(21)11-12-23/h3-10,15H,11-14,23H2,1-2H3. The van der Waals surface area contributed by atoms with Crippen LogP contribution in [-0.2, 0) is 6.42 Å². The van der Waals surface area contributed by atoms with Crippen LogP contribution in [0.4, 0.5) is 0 Å². The lowest BCUT2D eigenvalue weighted by Gasteiger charge is -2.15. The van der Waals surface area contributed by atoms with Gasteiger partial charge in [0.05, 0.1) is 0 Å². The zero-order valence-electron chi connectivity index (χ0n) is 14.9. The van der Waals surface area contributed by atoms with Gasteiger partial charge in [-0.1, -0.05) is 42.5 Å². The topological polar surface area (TPSA) is 44.5 Å². The molecule has 0 atom stereocenters. The van der Waals surface area contributed by atoms with Gasteiger partial charge in [0.15, 0.2) is 0 Å². The number of benzene rings is 3. The molecule has 0 aliphatic carbocycles. The van der Waals surface area contributed by atoms with E-state index in [1.807, 2.05) is 12.1 Å². The molecule has 0 saturated carbocycles. The van der Waals surface area contributed by atoms with Crippen molar-refractivity contribution in [3.63, 3.8) is 0 Å². The Morgan fingerprint density at radius 1 is 0.840 bits per heavy atom. The van der Waals surface area contributed by atoms with Crippen LogP contribution < -0.4 is 15.2 Å². The van der Waals surface area contributed by atoms with E-state index < -0.39 is 0 Å². The molecule has 3 heteroatoms. The molecular weight excluding hydrogens is 310 g/mol. The molecule has 0 aliphatic heterocycles. The van der Waals surface area contributed by atoms with Crippen LogP contribution in [0.3, 0.4) is 0 Å². The SMILES string of the molecule is Cc1ccc(C)c(OCCOc2ccc3ccccc3c2CCN)c1. The second-order valence-electron chi connectivity index (χ2n) is 6.27. The Kier molecular flexibility index (Phi) is 5.56. The summed E-state index contributed by atoms with van der Waals surface area (Å²) < 4.78 is 11.9. The molecule has 0 bridgehead atoms. The van der Waals surface area contributed by atoms with E-state index in [1.165, 1.54) is 21.9 Å². The van der Waals surface area contributed by atoms with Crippen molar-refractivity contribution in [1.29, 1.82) is 0 Å². The number of fused-ring (bicyclic) bond motifs is 1. The minimum absolute atomic E-state index is 0.503. The molecule has 0 aliphatic rings. The Morgan fingerprint density at radius 3 is 2.40 bits per heavy atom. The number of hydrogen-bond acceptors (Lipinski definition) is 3. The zero-order chi connectivity index (χ0) is 17.6. The van der Waals surface area contributed by atoms with Crippen molar-refractivity contribution >= 4 is 10.8 Å². The quantitative estimate of drug-likeness (QED) is 0.650. The second-order valence-corrected chi connectivity index (χ2v) is 6.27. The van der Waals surface area contributed by atoms with Crippen molar-refractivity contribution in [2.24, 2.45) is 5.73 Å². The Morgan fingerprint density at radius 2 is 1.60 bits per heavy atom. The maximum atomic E-state index is 6.01. The van der Waals surface area contributed by atoms with Gasteiger partial charge in [-0.3, -0.25) is 0 Å². The van der Waals surface area contributed by atoms with E-state index in [-0.39, 0.29) is 0 Å². The summed E-state index contributed by atoms with van der Waals surface area (Å²) in [6, 6.07) is 18.7. The van der Waals surface area contributed by atoms with Gasteiger partial charge in [0.2, 0.25) is 0 Å². The van der Waals surface area contributed by atoms with Gasteiger partial charge in [0.1, 0.15) is 24.7 Å². The highest BCUT2D eigenvalue weighted by Crippen LogP contribution is 2.28. The van der Waals surface area contributed by atoms with E-state index in [0.717, 1.165) is 23.5 Å². The van der Waals surface area contributed by atoms with Gasteiger partial charge < -0.3 is 15.2 Å². The van der Waals surface area contributed by atoms with Gasteiger partial charge in [-0.2, -0.15) is 0 Å². The second kappa shape index (κ2) is 8.04. The van der Waals surface area contributed by atoms with Gasteiger partial charge in [0, 0.05) is 5.56 Å². The molecule has 0 unspecified atom stereocenters. The molecule has 3 aromatic rings. The maximum Gasteiger partial charge on any atom is 0.123 e. The molecule has 0 heterocycles. The van der Waals surface area contributed by atoms with E-state index in [2.05, 4.69) is 56.3 Å². The van der Waals surface area contributed by atoms with Crippen molar-refractivity contribution in [2.75, 3.05) is 19.8 Å². The first-order valence-corrected chi connectivity index (χ1v) is 8.72. The van der Waals surface area contributed by atoms with Crippen molar-refractivity contribution < 1.29 is 9.47 Å². The summed E-state index contributed by atoms with van der Waals surface area (Å²) in [7, 11) is 0. The molecule has 25 heavy (non-hydrogen) atoms. The third-order valence-corrected chi connectivity index (χ3v) is 4.33. The predicted molar refractivity (Wildman–Crippen MR) is 104 cm³/mol. The van der Waals surface area contributed by atoms with Crippen LogP contribution in [0.1, 0.15) is 16.7 Å². The molecule has 0 spiro atoms. The number of hydrogen-bond donors (Lipinski definition) is 1. The van der Waals surface area contributed by atoms with Crippen LogP contribution >= 0.6 is 0 Å². The molecule has 3 rings (SSSR count). The summed E-state index contributed by atoms with van der Waals surface area (Å²) in [6.07, 6.45) is 0.800. The molecule has 3 nitrogen and oxygen atoms in total. The van der Waals surface area contributed by atoms with Gasteiger partial charge in [-0.25, -0.2) is 0 Å². The van der Waals surface area contributed by atoms with E-state index >= 15 is 0 Å². The molecule has 0 fully saturated rings. The summed E-state index contributed by atoms with van der Waals surface area (Å²) in [5, 5.41) is 2.42. The number of rotatable bonds is 7. The largest absolute Gasteiger partial charge is 0.490 e. The fourth-order valence-electron chi connectivity index (χ4n) is 3.02. The first kappa shape index (κ1) is 17.3. The monoisotopic (exact) mass is 335 g/mol. The van der Waals surface area contributed by atoms with Crippen LogP contribution in [0.2, 0.25) is 0 Å². The summed E-state index contributed by atoms with van der Waals surface area (Å²) in [4.78, 5) is 0. The zero-order valence-corrected chi connectivity index (χ0v) is 14.9. The smallest absolute Gasteiger partial charge is 0.123 e. The summed E-state index contributed by atoms with van der Waals surface area (Å²) in [6.45, 7) is 5.74. The highest BCUT2D eigenvalue weighted by Gasteiger charge is 2.08. The minimum atomic E-state index is 0.503. The number of nitrogens with two attached hydrogens (primary N) is 1. The molecule has 0 amide bonds. The minimum Gasteiger partial charge on any atom is -0.490 e. The number of ether oxygens (including phenoxy) is 2. The molecule has 130 valence electrons. The van der Waals surface area contributed by atoms with Gasteiger partial charge in [0.25, 0.3) is 0 Å². The lowest BCUT2D eigenvalue weighted by Crippen LogP contribution is -2.12. The fourth-order valence-corrected chi connectivity index (χ4v) is 3.02. The lowest BCUT2D eigenvalue weighted by molar-refractivity contribution is 0.215. The third kappa shape index (κ3) is 4.12. The number of aryl methyl sites for hydroxylation is 2. The molecular formula is C22H25NO2. The normalized spacial score (nSPS) is 10.8.